The highest BCUT2D eigenvalue weighted by Gasteiger charge is 2.12. The first-order chi connectivity index (χ1) is 12.5. The summed E-state index contributed by atoms with van der Waals surface area (Å²) in [5.74, 6) is -0.219. The van der Waals surface area contributed by atoms with E-state index in [1.54, 1.807) is 42.2 Å². The molecular formula is C18H18N4O3S. The summed E-state index contributed by atoms with van der Waals surface area (Å²) in [5.41, 5.74) is 2.05. The molecule has 0 atom stereocenters. The second-order valence-electron chi connectivity index (χ2n) is 5.67. The third kappa shape index (κ3) is 4.15. The topological polar surface area (TPSA) is 94.0 Å². The van der Waals surface area contributed by atoms with Crippen molar-refractivity contribution >= 4 is 21.4 Å². The van der Waals surface area contributed by atoms with E-state index in [1.165, 1.54) is 18.5 Å². The lowest BCUT2D eigenvalue weighted by atomic mass is 10.1. The van der Waals surface area contributed by atoms with Crippen LogP contribution in [-0.4, -0.2) is 34.8 Å². The molecular weight excluding hydrogens is 352 g/mol. The first-order valence-corrected chi connectivity index (χ1v) is 9.68. The molecule has 0 aliphatic heterocycles. The highest BCUT2D eigenvalue weighted by atomic mass is 32.2. The molecule has 0 unspecified atom stereocenters. The fraction of sp³-hybridized carbons (Fsp3) is 0.167. The van der Waals surface area contributed by atoms with E-state index >= 15 is 0 Å². The number of aromatic nitrogens is 3. The number of anilines is 1. The zero-order chi connectivity index (χ0) is 18.6. The van der Waals surface area contributed by atoms with Gasteiger partial charge in [0.2, 0.25) is 0 Å². The monoisotopic (exact) mass is 370 g/mol. The van der Waals surface area contributed by atoms with E-state index in [1.807, 2.05) is 12.1 Å². The number of benzene rings is 2. The van der Waals surface area contributed by atoms with Crippen LogP contribution in [0.1, 0.15) is 22.8 Å². The summed E-state index contributed by atoms with van der Waals surface area (Å²) in [6.45, 7) is 2.17. The number of carbonyl (C=O) groups is 1. The maximum absolute atomic E-state index is 12.3. The molecule has 0 aliphatic carbocycles. The minimum absolute atomic E-state index is 0.0413. The Morgan fingerprint density at radius 2 is 1.77 bits per heavy atom. The fourth-order valence-electron chi connectivity index (χ4n) is 2.38. The molecule has 1 aromatic heterocycles. The Morgan fingerprint density at radius 3 is 2.35 bits per heavy atom. The Morgan fingerprint density at radius 1 is 1.08 bits per heavy atom. The quantitative estimate of drug-likeness (QED) is 0.719. The number of nitrogens with one attached hydrogen (secondary N) is 1. The molecule has 1 amide bonds. The van der Waals surface area contributed by atoms with E-state index in [0.717, 1.165) is 5.56 Å². The largest absolute Gasteiger partial charge is 0.322 e. The number of hydrogen-bond acceptors (Lipinski definition) is 5. The van der Waals surface area contributed by atoms with Gasteiger partial charge in [0.05, 0.1) is 17.2 Å². The first-order valence-electron chi connectivity index (χ1n) is 8.03. The van der Waals surface area contributed by atoms with Gasteiger partial charge in [-0.3, -0.25) is 4.79 Å². The minimum Gasteiger partial charge on any atom is -0.322 e. The Labute approximate surface area is 151 Å². The lowest BCUT2D eigenvalue weighted by Gasteiger charge is -2.08. The highest BCUT2D eigenvalue weighted by molar-refractivity contribution is 7.91. The molecule has 1 heterocycles. The van der Waals surface area contributed by atoms with Gasteiger partial charge in [-0.1, -0.05) is 19.1 Å². The zero-order valence-corrected chi connectivity index (χ0v) is 15.0. The average molecular weight is 370 g/mol. The molecule has 0 saturated heterocycles. The van der Waals surface area contributed by atoms with Crippen LogP contribution in [0.4, 0.5) is 5.69 Å². The van der Waals surface area contributed by atoms with Crippen LogP contribution in [0.3, 0.4) is 0 Å². The van der Waals surface area contributed by atoms with Crippen LogP contribution in [0.15, 0.2) is 66.1 Å². The molecule has 2 aromatic carbocycles. The van der Waals surface area contributed by atoms with Crippen LogP contribution in [0.5, 0.6) is 0 Å². The SMILES string of the molecule is CCS(=O)(=O)c1ccc(NC(=O)c2ccc(Cn3cncn3)cc2)cc1. The molecule has 26 heavy (non-hydrogen) atoms. The van der Waals surface area contributed by atoms with Gasteiger partial charge in [0.1, 0.15) is 12.7 Å². The summed E-state index contributed by atoms with van der Waals surface area (Å²) in [4.78, 5) is 16.5. The number of rotatable bonds is 6. The Bertz CT molecular complexity index is 980. The van der Waals surface area contributed by atoms with Crippen molar-refractivity contribution in [1.82, 2.24) is 14.8 Å². The molecule has 0 aliphatic rings. The molecule has 3 rings (SSSR count). The van der Waals surface area contributed by atoms with Gasteiger partial charge in [-0.2, -0.15) is 5.10 Å². The second kappa shape index (κ2) is 7.49. The summed E-state index contributed by atoms with van der Waals surface area (Å²) in [6.07, 6.45) is 3.10. The van der Waals surface area contributed by atoms with E-state index in [2.05, 4.69) is 15.4 Å². The normalized spacial score (nSPS) is 11.3. The zero-order valence-electron chi connectivity index (χ0n) is 14.2. The third-order valence-corrected chi connectivity index (χ3v) is 5.63. The summed E-state index contributed by atoms with van der Waals surface area (Å²) in [7, 11) is -3.25. The molecule has 134 valence electrons. The van der Waals surface area contributed by atoms with Crippen molar-refractivity contribution < 1.29 is 13.2 Å². The summed E-state index contributed by atoms with van der Waals surface area (Å²) in [5, 5.41) is 6.80. The Kier molecular flexibility index (Phi) is 5.13. The van der Waals surface area contributed by atoms with E-state index < -0.39 is 9.84 Å². The van der Waals surface area contributed by atoms with Crippen molar-refractivity contribution in [1.29, 1.82) is 0 Å². The highest BCUT2D eigenvalue weighted by Crippen LogP contribution is 2.16. The third-order valence-electron chi connectivity index (χ3n) is 3.88. The van der Waals surface area contributed by atoms with Gasteiger partial charge in [0.25, 0.3) is 5.91 Å². The molecule has 0 fully saturated rings. The standard InChI is InChI=1S/C18H18N4O3S/c1-2-26(24,25)17-9-7-16(8-10-17)21-18(23)15-5-3-14(4-6-15)11-22-13-19-12-20-22/h3-10,12-13H,2,11H2,1H3,(H,21,23). The van der Waals surface area contributed by atoms with Gasteiger partial charge in [-0.25, -0.2) is 18.1 Å². The van der Waals surface area contributed by atoms with Crippen LogP contribution in [0, 0.1) is 0 Å². The van der Waals surface area contributed by atoms with Gasteiger partial charge in [-0.15, -0.1) is 0 Å². The van der Waals surface area contributed by atoms with E-state index in [0.29, 0.717) is 17.8 Å². The van der Waals surface area contributed by atoms with E-state index in [-0.39, 0.29) is 16.6 Å². The van der Waals surface area contributed by atoms with Crippen molar-refractivity contribution in [3.05, 3.63) is 72.3 Å². The maximum atomic E-state index is 12.3. The van der Waals surface area contributed by atoms with Gasteiger partial charge >= 0.3 is 0 Å². The second-order valence-corrected chi connectivity index (χ2v) is 7.95. The molecule has 0 saturated carbocycles. The average Bonchev–Trinajstić information content (AvgIpc) is 3.16. The van der Waals surface area contributed by atoms with Gasteiger partial charge in [0.15, 0.2) is 9.84 Å². The Balaban J connectivity index is 1.66. The molecule has 3 aromatic rings. The molecule has 7 nitrogen and oxygen atoms in total. The van der Waals surface area contributed by atoms with Crippen molar-refractivity contribution in [2.24, 2.45) is 0 Å². The number of amides is 1. The van der Waals surface area contributed by atoms with Crippen LogP contribution in [0.2, 0.25) is 0 Å². The summed E-state index contributed by atoms with van der Waals surface area (Å²) < 4.78 is 25.3. The molecule has 0 bridgehead atoms. The maximum Gasteiger partial charge on any atom is 0.255 e. The van der Waals surface area contributed by atoms with Crippen LogP contribution >= 0.6 is 0 Å². The van der Waals surface area contributed by atoms with Gasteiger partial charge in [0, 0.05) is 11.3 Å². The number of sulfone groups is 1. The molecule has 1 N–H and O–H groups in total. The number of hydrogen-bond donors (Lipinski definition) is 1. The molecule has 0 spiro atoms. The number of carbonyl (C=O) groups excluding carboxylic acids is 1. The summed E-state index contributed by atoms with van der Waals surface area (Å²) >= 11 is 0. The van der Waals surface area contributed by atoms with E-state index in [4.69, 9.17) is 0 Å². The predicted molar refractivity (Wildman–Crippen MR) is 97.7 cm³/mol. The van der Waals surface area contributed by atoms with Gasteiger partial charge < -0.3 is 5.32 Å². The summed E-state index contributed by atoms with van der Waals surface area (Å²) in [6, 6.07) is 13.3. The van der Waals surface area contributed by atoms with Crippen molar-refractivity contribution in [3.63, 3.8) is 0 Å². The lowest BCUT2D eigenvalue weighted by Crippen LogP contribution is -2.12. The van der Waals surface area contributed by atoms with Crippen molar-refractivity contribution in [2.45, 2.75) is 18.4 Å². The van der Waals surface area contributed by atoms with Crippen LogP contribution < -0.4 is 5.32 Å². The Hall–Kier alpha value is -3.00. The van der Waals surface area contributed by atoms with Crippen molar-refractivity contribution in [3.8, 4) is 0 Å². The lowest BCUT2D eigenvalue weighted by molar-refractivity contribution is 0.102. The van der Waals surface area contributed by atoms with Crippen LogP contribution in [0.25, 0.3) is 0 Å². The molecule has 0 radical (unpaired) electrons. The smallest absolute Gasteiger partial charge is 0.255 e. The van der Waals surface area contributed by atoms with Crippen molar-refractivity contribution in [2.75, 3.05) is 11.1 Å². The number of nitrogens with zero attached hydrogens (tertiary/aromatic N) is 3. The minimum atomic E-state index is -3.25. The predicted octanol–water partition coefficient (Wildman–Crippen LogP) is 2.37. The molecule has 8 heteroatoms. The van der Waals surface area contributed by atoms with Gasteiger partial charge in [-0.05, 0) is 42.0 Å². The van der Waals surface area contributed by atoms with Crippen LogP contribution in [-0.2, 0) is 16.4 Å². The first kappa shape index (κ1) is 17.8. The fourth-order valence-corrected chi connectivity index (χ4v) is 3.26. The van der Waals surface area contributed by atoms with E-state index in [9.17, 15) is 13.2 Å².